The first-order chi connectivity index (χ1) is 9.62. The smallest absolute Gasteiger partial charge is 0.0946 e. The van der Waals surface area contributed by atoms with E-state index in [4.69, 9.17) is 4.98 Å². The van der Waals surface area contributed by atoms with E-state index in [1.165, 1.54) is 47.7 Å². The normalized spacial score (nSPS) is 14.4. The maximum absolute atomic E-state index is 4.73. The van der Waals surface area contributed by atoms with E-state index >= 15 is 0 Å². The summed E-state index contributed by atoms with van der Waals surface area (Å²) >= 11 is 1.88. The van der Waals surface area contributed by atoms with Crippen LogP contribution in [0.4, 0.5) is 0 Å². The number of nitrogens with one attached hydrogen (secondary N) is 1. The molecular formula is C17H32N2S. The first-order valence-electron chi connectivity index (χ1n) is 8.28. The summed E-state index contributed by atoms with van der Waals surface area (Å²) in [7, 11) is 0. The van der Waals surface area contributed by atoms with E-state index in [1.807, 2.05) is 11.3 Å². The van der Waals surface area contributed by atoms with Crippen LogP contribution < -0.4 is 5.32 Å². The van der Waals surface area contributed by atoms with Crippen molar-refractivity contribution < 1.29 is 0 Å². The Hall–Kier alpha value is -0.410. The van der Waals surface area contributed by atoms with Crippen molar-refractivity contribution in [2.75, 3.05) is 6.54 Å². The highest BCUT2D eigenvalue weighted by atomic mass is 32.1. The lowest BCUT2D eigenvalue weighted by atomic mass is 9.89. The Morgan fingerprint density at radius 2 is 1.90 bits per heavy atom. The summed E-state index contributed by atoms with van der Waals surface area (Å²) in [6, 6.07) is 0.594. The van der Waals surface area contributed by atoms with E-state index in [0.717, 1.165) is 18.9 Å². The predicted molar refractivity (Wildman–Crippen MR) is 90.7 cm³/mol. The number of rotatable bonds is 10. The summed E-state index contributed by atoms with van der Waals surface area (Å²) in [5, 5.41) is 5.08. The van der Waals surface area contributed by atoms with Crippen LogP contribution in [-0.2, 0) is 6.42 Å². The van der Waals surface area contributed by atoms with Crippen LogP contribution in [0.1, 0.15) is 68.5 Å². The molecule has 2 nitrogen and oxygen atoms in total. The fraction of sp³-hybridized carbons (Fsp3) is 0.824. The minimum Gasteiger partial charge on any atom is -0.313 e. The fourth-order valence-corrected chi connectivity index (χ4v) is 3.70. The van der Waals surface area contributed by atoms with Crippen molar-refractivity contribution in [3.05, 3.63) is 15.6 Å². The molecule has 0 bridgehead atoms. The van der Waals surface area contributed by atoms with Crippen molar-refractivity contribution >= 4 is 11.3 Å². The van der Waals surface area contributed by atoms with Gasteiger partial charge >= 0.3 is 0 Å². The van der Waals surface area contributed by atoms with E-state index in [9.17, 15) is 0 Å². The molecule has 116 valence electrons. The highest BCUT2D eigenvalue weighted by Gasteiger charge is 2.21. The van der Waals surface area contributed by atoms with Crippen LogP contribution in [0.15, 0.2) is 0 Å². The molecule has 2 unspecified atom stereocenters. The van der Waals surface area contributed by atoms with Gasteiger partial charge in [0, 0.05) is 17.3 Å². The quantitative estimate of drug-likeness (QED) is 0.665. The van der Waals surface area contributed by atoms with E-state index in [2.05, 4.69) is 39.9 Å². The molecule has 0 saturated carbocycles. The summed E-state index contributed by atoms with van der Waals surface area (Å²) in [6.07, 6.45) is 7.56. The highest BCUT2D eigenvalue weighted by Crippen LogP contribution is 2.23. The molecule has 2 atom stereocenters. The Bertz CT molecular complexity index is 354. The molecule has 0 radical (unpaired) electrons. The Kier molecular flexibility index (Phi) is 8.39. The lowest BCUT2D eigenvalue weighted by molar-refractivity contribution is 0.315. The second kappa shape index (κ2) is 9.51. The van der Waals surface area contributed by atoms with Gasteiger partial charge in [-0.15, -0.1) is 11.3 Å². The third-order valence-corrected chi connectivity index (χ3v) is 5.24. The number of nitrogens with zero attached hydrogens (tertiary/aromatic N) is 1. The average Bonchev–Trinajstić information content (AvgIpc) is 2.75. The van der Waals surface area contributed by atoms with E-state index in [0.29, 0.717) is 6.04 Å². The zero-order chi connectivity index (χ0) is 15.0. The van der Waals surface area contributed by atoms with Gasteiger partial charge in [0.15, 0.2) is 0 Å². The molecule has 1 aromatic heterocycles. The van der Waals surface area contributed by atoms with Crippen LogP contribution in [0.3, 0.4) is 0 Å². The maximum atomic E-state index is 4.73. The summed E-state index contributed by atoms with van der Waals surface area (Å²) in [4.78, 5) is 6.10. The number of thiazole rings is 1. The molecule has 1 rings (SSSR count). The van der Waals surface area contributed by atoms with Gasteiger partial charge in [-0.05, 0) is 39.2 Å². The van der Waals surface area contributed by atoms with E-state index < -0.39 is 0 Å². The van der Waals surface area contributed by atoms with Gasteiger partial charge in [-0.3, -0.25) is 0 Å². The maximum Gasteiger partial charge on any atom is 0.0946 e. The largest absolute Gasteiger partial charge is 0.313 e. The molecule has 0 aliphatic carbocycles. The Balaban J connectivity index is 2.70. The molecule has 0 aromatic carbocycles. The molecule has 0 spiro atoms. The van der Waals surface area contributed by atoms with Crippen molar-refractivity contribution in [2.24, 2.45) is 5.92 Å². The van der Waals surface area contributed by atoms with Crippen molar-refractivity contribution in [3.63, 3.8) is 0 Å². The first kappa shape index (κ1) is 17.6. The Morgan fingerprint density at radius 3 is 2.40 bits per heavy atom. The summed E-state index contributed by atoms with van der Waals surface area (Å²) in [5.74, 6) is 0.783. The lowest BCUT2D eigenvalue weighted by Gasteiger charge is -2.27. The van der Waals surface area contributed by atoms with Crippen molar-refractivity contribution in [2.45, 2.75) is 79.2 Å². The van der Waals surface area contributed by atoms with Gasteiger partial charge in [-0.25, -0.2) is 4.98 Å². The van der Waals surface area contributed by atoms with Crippen LogP contribution in [0.25, 0.3) is 0 Å². The number of hydrogen-bond donors (Lipinski definition) is 1. The second-order valence-corrected chi connectivity index (χ2v) is 7.11. The fourth-order valence-electron chi connectivity index (χ4n) is 2.71. The summed E-state index contributed by atoms with van der Waals surface area (Å²) < 4.78 is 0. The van der Waals surface area contributed by atoms with Crippen LogP contribution in [0.2, 0.25) is 0 Å². The zero-order valence-corrected chi connectivity index (χ0v) is 14.8. The minimum absolute atomic E-state index is 0.594. The van der Waals surface area contributed by atoms with Gasteiger partial charge in [-0.1, -0.05) is 40.0 Å². The Morgan fingerprint density at radius 1 is 1.15 bits per heavy atom. The standard InChI is InChI=1S/C17H32N2S/c1-6-9-10-15(8-3)16(18-11-7-2)12-17-19-13(4)14(5)20-17/h15-16,18H,6-12H2,1-5H3. The molecule has 0 aliphatic heterocycles. The predicted octanol–water partition coefficient (Wildman–Crippen LogP) is 4.89. The van der Waals surface area contributed by atoms with Gasteiger partial charge in [0.1, 0.15) is 0 Å². The van der Waals surface area contributed by atoms with Crippen molar-refractivity contribution in [3.8, 4) is 0 Å². The number of aromatic nitrogens is 1. The molecular weight excluding hydrogens is 264 g/mol. The van der Waals surface area contributed by atoms with Crippen molar-refractivity contribution in [1.29, 1.82) is 0 Å². The second-order valence-electron chi connectivity index (χ2n) is 5.82. The van der Waals surface area contributed by atoms with Gasteiger partial charge in [0.25, 0.3) is 0 Å². The average molecular weight is 297 g/mol. The first-order valence-corrected chi connectivity index (χ1v) is 9.10. The molecule has 20 heavy (non-hydrogen) atoms. The van der Waals surface area contributed by atoms with Crippen LogP contribution in [0.5, 0.6) is 0 Å². The zero-order valence-electron chi connectivity index (χ0n) is 14.0. The van der Waals surface area contributed by atoms with Gasteiger partial charge < -0.3 is 5.32 Å². The van der Waals surface area contributed by atoms with E-state index in [1.54, 1.807) is 0 Å². The summed E-state index contributed by atoms with van der Waals surface area (Å²) in [6.45, 7) is 12.3. The molecule has 1 heterocycles. The molecule has 1 N–H and O–H groups in total. The highest BCUT2D eigenvalue weighted by molar-refractivity contribution is 7.11. The third kappa shape index (κ3) is 5.53. The minimum atomic E-state index is 0.594. The number of hydrogen-bond acceptors (Lipinski definition) is 3. The summed E-state index contributed by atoms with van der Waals surface area (Å²) in [5.41, 5.74) is 1.21. The molecule has 0 saturated heterocycles. The van der Waals surface area contributed by atoms with Crippen LogP contribution in [0, 0.1) is 19.8 Å². The third-order valence-electron chi connectivity index (χ3n) is 4.15. The number of unbranched alkanes of at least 4 members (excludes halogenated alkanes) is 1. The lowest BCUT2D eigenvalue weighted by Crippen LogP contribution is -2.38. The van der Waals surface area contributed by atoms with Gasteiger partial charge in [0.2, 0.25) is 0 Å². The monoisotopic (exact) mass is 296 g/mol. The molecule has 0 fully saturated rings. The van der Waals surface area contributed by atoms with Crippen LogP contribution >= 0.6 is 11.3 Å². The molecule has 0 amide bonds. The van der Waals surface area contributed by atoms with Gasteiger partial charge in [0.05, 0.1) is 10.7 Å². The SMILES string of the molecule is CCCCC(CC)C(Cc1nc(C)c(C)s1)NCCC. The topological polar surface area (TPSA) is 24.9 Å². The molecule has 3 heteroatoms. The Labute approximate surface area is 129 Å². The van der Waals surface area contributed by atoms with E-state index in [-0.39, 0.29) is 0 Å². The number of aryl methyl sites for hydroxylation is 2. The molecule has 1 aromatic rings. The van der Waals surface area contributed by atoms with Crippen LogP contribution in [-0.4, -0.2) is 17.6 Å². The van der Waals surface area contributed by atoms with Crippen molar-refractivity contribution in [1.82, 2.24) is 10.3 Å². The van der Waals surface area contributed by atoms with Gasteiger partial charge in [-0.2, -0.15) is 0 Å². The molecule has 0 aliphatic rings.